The zero-order valence-corrected chi connectivity index (χ0v) is 57.9. The summed E-state index contributed by atoms with van der Waals surface area (Å²) >= 11 is 1.98. The molecule has 0 unspecified atom stereocenters. The van der Waals surface area contributed by atoms with Crippen molar-refractivity contribution in [2.45, 2.75) is 157 Å². The average molecular weight is 1210 g/mol. The summed E-state index contributed by atoms with van der Waals surface area (Å²) in [5.41, 5.74) is 27.5. The monoisotopic (exact) mass is 1210 g/mol. The van der Waals surface area contributed by atoms with Gasteiger partial charge >= 0.3 is 0 Å². The van der Waals surface area contributed by atoms with E-state index < -0.39 is 0 Å². The molecule has 10 aromatic carbocycles. The lowest BCUT2D eigenvalue weighted by Gasteiger charge is -2.44. The van der Waals surface area contributed by atoms with E-state index in [9.17, 15) is 0 Å². The second kappa shape index (κ2) is 22.2. The van der Waals surface area contributed by atoms with Gasteiger partial charge in [-0.05, 0) is 183 Å². The summed E-state index contributed by atoms with van der Waals surface area (Å²) in [5.74, 6) is 0. The van der Waals surface area contributed by atoms with E-state index in [0.717, 1.165) is 22.7 Å². The molecular formula is C86H90BN3S. The van der Waals surface area contributed by atoms with Crippen molar-refractivity contribution in [1.82, 2.24) is 0 Å². The second-order valence-electron chi connectivity index (χ2n) is 32.0. The summed E-state index contributed by atoms with van der Waals surface area (Å²) in [5, 5.41) is 1.30. The van der Waals surface area contributed by atoms with Crippen LogP contribution in [0.4, 0.5) is 51.2 Å². The zero-order valence-electron chi connectivity index (χ0n) is 57.1. The number of thiophene rings is 1. The van der Waals surface area contributed by atoms with Crippen molar-refractivity contribution in [2.75, 3.05) is 14.7 Å². The Kier molecular flexibility index (Phi) is 15.0. The molecule has 0 N–H and O–H groups in total. The number of hydrogen-bond acceptors (Lipinski definition) is 4. The van der Waals surface area contributed by atoms with Crippen LogP contribution in [-0.4, -0.2) is 6.71 Å². The highest BCUT2D eigenvalue weighted by atomic mass is 32.1. The molecule has 3 nitrogen and oxygen atoms in total. The standard InChI is InChI=1S/C86H90BN3S/c1-81(2,3)58-37-40-64(41-38-58)88(73-36-28-27-35-70(73)56-31-23-20-24-32-56)65-42-43-72-74(54-65)89(66-49-60(83(7,8)9)47-61(50-66)84(10,11)12)75-45-57(69-34-26-25-33-68(69)55-29-21-19-22-30-55)46-76-78(75)87(72)80-79(71-53-59(82(4,5)6)39-44-77(71)91-80)90(76)67-51-62(85(13,14)15)48-63(52-67)86(16,17)18/h19-54H,1-18H3. The van der Waals surface area contributed by atoms with Crippen LogP contribution in [0.5, 0.6) is 0 Å². The SMILES string of the molecule is CC(C)(C)c1ccc(N(c2ccc3c(c2)N(c2cc(C(C)(C)C)cc(C(C)(C)C)c2)c2cc(-c4ccccc4-c4ccccc4)cc4c2B3c2sc3ccc(C(C)(C)C)cc3c2N4c2cc(C(C)(C)C)cc(C(C)(C)C)c2)c2ccccc2-c2ccccc2)cc1. The number of anilines is 9. The van der Waals surface area contributed by atoms with Crippen LogP contribution >= 0.6 is 11.3 Å². The molecule has 0 aliphatic carbocycles. The van der Waals surface area contributed by atoms with E-state index in [1.54, 1.807) is 0 Å². The van der Waals surface area contributed by atoms with E-state index in [1.165, 1.54) is 121 Å². The molecule has 0 bridgehead atoms. The van der Waals surface area contributed by atoms with E-state index in [4.69, 9.17) is 0 Å². The fourth-order valence-corrected chi connectivity index (χ4v) is 15.0. The minimum atomic E-state index is -0.149. The summed E-state index contributed by atoms with van der Waals surface area (Å²) in [7, 11) is 0. The Hall–Kier alpha value is -8.38. The zero-order chi connectivity index (χ0) is 64.5. The Labute approximate surface area is 548 Å². The van der Waals surface area contributed by atoms with Crippen molar-refractivity contribution < 1.29 is 0 Å². The van der Waals surface area contributed by atoms with E-state index in [2.05, 4.69) is 358 Å². The first-order valence-corrected chi connectivity index (χ1v) is 33.7. The Morgan fingerprint density at radius 2 is 0.758 bits per heavy atom. The molecule has 11 aromatic rings. The van der Waals surface area contributed by atoms with Gasteiger partial charge in [-0.3, -0.25) is 0 Å². The molecule has 0 radical (unpaired) electrons. The predicted octanol–water partition coefficient (Wildman–Crippen LogP) is 23.2. The van der Waals surface area contributed by atoms with Gasteiger partial charge in [0.25, 0.3) is 6.71 Å². The van der Waals surface area contributed by atoms with Crippen LogP contribution in [0, 0.1) is 0 Å². The largest absolute Gasteiger partial charge is 0.311 e. The van der Waals surface area contributed by atoms with Gasteiger partial charge in [-0.15, -0.1) is 11.3 Å². The van der Waals surface area contributed by atoms with Crippen LogP contribution in [0.3, 0.4) is 0 Å². The first kappa shape index (κ1) is 61.5. The second-order valence-corrected chi connectivity index (χ2v) is 33.1. The van der Waals surface area contributed by atoms with Crippen LogP contribution in [0.15, 0.2) is 218 Å². The summed E-state index contributed by atoms with van der Waals surface area (Å²) in [6, 6.07) is 84.3. The number of fused-ring (bicyclic) bond motifs is 6. The Balaban J connectivity index is 1.21. The lowest BCUT2D eigenvalue weighted by molar-refractivity contribution is 0.568. The summed E-state index contributed by atoms with van der Waals surface area (Å²) in [6.07, 6.45) is 0. The number of rotatable bonds is 8. The summed E-state index contributed by atoms with van der Waals surface area (Å²) in [4.78, 5) is 7.93. The van der Waals surface area contributed by atoms with E-state index in [1.807, 2.05) is 11.3 Å². The van der Waals surface area contributed by atoms with Crippen molar-refractivity contribution in [3.8, 4) is 33.4 Å². The molecule has 1 aromatic heterocycles. The fraction of sp³-hybridized carbons (Fsp3) is 0.279. The molecule has 0 saturated heterocycles. The molecule has 5 heteroatoms. The van der Waals surface area contributed by atoms with Crippen LogP contribution in [0.2, 0.25) is 0 Å². The number of nitrogens with zero attached hydrogens (tertiary/aromatic N) is 3. The molecule has 91 heavy (non-hydrogen) atoms. The van der Waals surface area contributed by atoms with Gasteiger partial charge in [0.15, 0.2) is 0 Å². The van der Waals surface area contributed by atoms with Gasteiger partial charge in [-0.25, -0.2) is 0 Å². The normalized spacial score (nSPS) is 13.5. The maximum atomic E-state index is 2.72. The Bertz CT molecular complexity index is 4520. The smallest absolute Gasteiger partial charge is 0.264 e. The van der Waals surface area contributed by atoms with E-state index in [0.29, 0.717) is 0 Å². The minimum absolute atomic E-state index is 0.0164. The summed E-state index contributed by atoms with van der Waals surface area (Å²) in [6.45, 7) is 42.3. The van der Waals surface area contributed by atoms with E-state index in [-0.39, 0.29) is 39.2 Å². The van der Waals surface area contributed by atoms with Gasteiger partial charge < -0.3 is 14.7 Å². The maximum absolute atomic E-state index is 2.72. The first-order valence-electron chi connectivity index (χ1n) is 32.9. The summed E-state index contributed by atoms with van der Waals surface area (Å²) < 4.78 is 2.66. The maximum Gasteiger partial charge on any atom is 0.264 e. The quantitative estimate of drug-likeness (QED) is 0.140. The highest BCUT2D eigenvalue weighted by molar-refractivity contribution is 7.33. The highest BCUT2D eigenvalue weighted by Crippen LogP contribution is 2.53. The average Bonchev–Trinajstić information content (AvgIpc) is 1.68. The van der Waals surface area contributed by atoms with Crippen molar-refractivity contribution in [2.24, 2.45) is 0 Å². The van der Waals surface area contributed by atoms with Gasteiger partial charge in [0.1, 0.15) is 0 Å². The van der Waals surface area contributed by atoms with Crippen molar-refractivity contribution in [1.29, 1.82) is 0 Å². The van der Waals surface area contributed by atoms with E-state index >= 15 is 0 Å². The number of para-hydroxylation sites is 1. The van der Waals surface area contributed by atoms with Gasteiger partial charge in [0, 0.05) is 60.2 Å². The molecule has 2 aliphatic rings. The van der Waals surface area contributed by atoms with Gasteiger partial charge in [0.2, 0.25) is 0 Å². The molecule has 0 saturated carbocycles. The molecular weight excluding hydrogens is 1120 g/mol. The van der Waals surface area contributed by atoms with Gasteiger partial charge in [-0.1, -0.05) is 264 Å². The van der Waals surface area contributed by atoms with Crippen molar-refractivity contribution >= 4 is 95.0 Å². The number of benzene rings is 10. The van der Waals surface area contributed by atoms with Crippen LogP contribution in [0.1, 0.15) is 158 Å². The molecule has 0 amide bonds. The Morgan fingerprint density at radius 1 is 0.330 bits per heavy atom. The van der Waals surface area contributed by atoms with Crippen LogP contribution in [0.25, 0.3) is 43.5 Å². The van der Waals surface area contributed by atoms with Crippen LogP contribution in [-0.2, 0) is 32.5 Å². The predicted molar refractivity (Wildman–Crippen MR) is 399 cm³/mol. The highest BCUT2D eigenvalue weighted by Gasteiger charge is 2.47. The third-order valence-electron chi connectivity index (χ3n) is 19.1. The molecule has 0 atom stereocenters. The van der Waals surface area contributed by atoms with Crippen molar-refractivity contribution in [3.63, 3.8) is 0 Å². The van der Waals surface area contributed by atoms with Gasteiger partial charge in [-0.2, -0.15) is 0 Å². The Morgan fingerprint density at radius 3 is 1.27 bits per heavy atom. The lowest BCUT2D eigenvalue weighted by Crippen LogP contribution is -2.60. The lowest BCUT2D eigenvalue weighted by atomic mass is 9.36. The van der Waals surface area contributed by atoms with Gasteiger partial charge in [0.05, 0.1) is 11.4 Å². The topological polar surface area (TPSA) is 9.72 Å². The molecule has 3 heterocycles. The minimum Gasteiger partial charge on any atom is -0.311 e. The molecule has 458 valence electrons. The third kappa shape index (κ3) is 11.3. The first-order chi connectivity index (χ1) is 42.9. The fourth-order valence-electron chi connectivity index (χ4n) is 13.7. The molecule has 2 aliphatic heterocycles. The number of hydrogen-bond donors (Lipinski definition) is 0. The van der Waals surface area contributed by atoms with Crippen molar-refractivity contribution in [3.05, 3.63) is 252 Å². The van der Waals surface area contributed by atoms with Crippen LogP contribution < -0.4 is 30.4 Å². The molecule has 13 rings (SSSR count). The third-order valence-corrected chi connectivity index (χ3v) is 20.4. The molecule has 0 fully saturated rings. The molecule has 0 spiro atoms.